The van der Waals surface area contributed by atoms with Crippen molar-refractivity contribution in [2.24, 2.45) is 0 Å². The molecule has 2 aromatic rings. The fraction of sp³-hybridized carbons (Fsp3) is 0.250. The summed E-state index contributed by atoms with van der Waals surface area (Å²) in [6.45, 7) is 1.35. The number of halogens is 1. The molecule has 0 aromatic heterocycles. The van der Waals surface area contributed by atoms with Gasteiger partial charge in [0.1, 0.15) is 11.6 Å². The van der Waals surface area contributed by atoms with Crippen LogP contribution in [0.4, 0.5) is 10.1 Å². The maximum Gasteiger partial charge on any atom is 0.128 e. The van der Waals surface area contributed by atoms with Gasteiger partial charge in [-0.05, 0) is 18.2 Å². The summed E-state index contributed by atoms with van der Waals surface area (Å²) < 4.78 is 24.3. The zero-order chi connectivity index (χ0) is 14.2. The van der Waals surface area contributed by atoms with Gasteiger partial charge in [-0.25, -0.2) is 4.39 Å². The van der Waals surface area contributed by atoms with Crippen LogP contribution in [0.25, 0.3) is 0 Å². The normalized spacial score (nSPS) is 10.4. The molecule has 2 N–H and O–H groups in total. The summed E-state index contributed by atoms with van der Waals surface area (Å²) in [6.07, 6.45) is 0.739. The first-order valence-electron chi connectivity index (χ1n) is 6.55. The Labute approximate surface area is 118 Å². The molecule has 0 amide bonds. The SMILES string of the molecule is Nc1cccc(OCCCOCc2ccccc2F)c1. The minimum absolute atomic E-state index is 0.233. The van der Waals surface area contributed by atoms with Crippen molar-refractivity contribution in [3.63, 3.8) is 0 Å². The van der Waals surface area contributed by atoms with Crippen LogP contribution in [0.15, 0.2) is 48.5 Å². The lowest BCUT2D eigenvalue weighted by Gasteiger charge is -2.08. The monoisotopic (exact) mass is 275 g/mol. The molecule has 0 aliphatic heterocycles. The lowest BCUT2D eigenvalue weighted by atomic mass is 10.2. The zero-order valence-electron chi connectivity index (χ0n) is 11.2. The molecule has 0 fully saturated rings. The molecule has 0 unspecified atom stereocenters. The number of hydrogen-bond acceptors (Lipinski definition) is 3. The largest absolute Gasteiger partial charge is 0.493 e. The van der Waals surface area contributed by atoms with E-state index in [9.17, 15) is 4.39 Å². The van der Waals surface area contributed by atoms with Crippen molar-refractivity contribution >= 4 is 5.69 Å². The highest BCUT2D eigenvalue weighted by Gasteiger charge is 2.00. The molecule has 0 aliphatic carbocycles. The standard InChI is InChI=1S/C16H18FNO2/c17-16-8-2-1-5-13(16)12-19-9-4-10-20-15-7-3-6-14(18)11-15/h1-3,5-8,11H,4,9-10,12,18H2. The van der Waals surface area contributed by atoms with Crippen LogP contribution >= 0.6 is 0 Å². The Balaban J connectivity index is 1.61. The molecule has 0 spiro atoms. The van der Waals surface area contributed by atoms with Crippen LogP contribution in [0.1, 0.15) is 12.0 Å². The van der Waals surface area contributed by atoms with E-state index in [0.717, 1.165) is 12.2 Å². The number of benzene rings is 2. The lowest BCUT2D eigenvalue weighted by molar-refractivity contribution is 0.105. The van der Waals surface area contributed by atoms with Crippen molar-refractivity contribution in [1.29, 1.82) is 0 Å². The Hall–Kier alpha value is -2.07. The number of rotatable bonds is 7. The van der Waals surface area contributed by atoms with Crippen LogP contribution < -0.4 is 10.5 Å². The molecule has 0 saturated heterocycles. The molecule has 0 bridgehead atoms. The van der Waals surface area contributed by atoms with Crippen LogP contribution in [0, 0.1) is 5.82 Å². The van der Waals surface area contributed by atoms with E-state index in [2.05, 4.69) is 0 Å². The van der Waals surface area contributed by atoms with Gasteiger partial charge in [-0.15, -0.1) is 0 Å². The zero-order valence-corrected chi connectivity index (χ0v) is 11.2. The summed E-state index contributed by atoms with van der Waals surface area (Å²) in [6, 6.07) is 13.9. The number of ether oxygens (including phenoxy) is 2. The Morgan fingerprint density at radius 1 is 1.00 bits per heavy atom. The van der Waals surface area contributed by atoms with E-state index in [-0.39, 0.29) is 12.4 Å². The Kier molecular flexibility index (Phi) is 5.38. The highest BCUT2D eigenvalue weighted by molar-refractivity contribution is 5.43. The molecule has 3 nitrogen and oxygen atoms in total. The van der Waals surface area contributed by atoms with E-state index >= 15 is 0 Å². The first kappa shape index (κ1) is 14.3. The molecule has 2 rings (SSSR count). The lowest BCUT2D eigenvalue weighted by Crippen LogP contribution is -2.04. The second kappa shape index (κ2) is 7.50. The molecule has 0 aliphatic rings. The number of anilines is 1. The minimum Gasteiger partial charge on any atom is -0.493 e. The van der Waals surface area contributed by atoms with Gasteiger partial charge in [-0.2, -0.15) is 0 Å². The highest BCUT2D eigenvalue weighted by atomic mass is 19.1. The molecule has 0 saturated carbocycles. The van der Waals surface area contributed by atoms with Crippen molar-refractivity contribution < 1.29 is 13.9 Å². The topological polar surface area (TPSA) is 44.5 Å². The van der Waals surface area contributed by atoms with Gasteiger partial charge in [-0.1, -0.05) is 24.3 Å². The average molecular weight is 275 g/mol. The van der Waals surface area contributed by atoms with Crippen LogP contribution in [0.5, 0.6) is 5.75 Å². The quantitative estimate of drug-likeness (QED) is 0.622. The van der Waals surface area contributed by atoms with Crippen molar-refractivity contribution in [3.05, 3.63) is 59.9 Å². The Bertz CT molecular complexity index is 546. The van der Waals surface area contributed by atoms with Crippen molar-refractivity contribution in [2.45, 2.75) is 13.0 Å². The fourth-order valence-electron chi connectivity index (χ4n) is 1.75. The van der Waals surface area contributed by atoms with Crippen molar-refractivity contribution in [1.82, 2.24) is 0 Å². The molecule has 0 heterocycles. The summed E-state index contributed by atoms with van der Waals surface area (Å²) in [7, 11) is 0. The minimum atomic E-state index is -0.233. The van der Waals surface area contributed by atoms with Crippen LogP contribution in [0.3, 0.4) is 0 Å². The second-order valence-electron chi connectivity index (χ2n) is 4.42. The summed E-state index contributed by atoms with van der Waals surface area (Å²) in [5.41, 5.74) is 6.90. The molecule has 0 radical (unpaired) electrons. The number of nitrogens with two attached hydrogens (primary N) is 1. The molecule has 4 heteroatoms. The van der Waals surface area contributed by atoms with Crippen LogP contribution in [0.2, 0.25) is 0 Å². The van der Waals surface area contributed by atoms with Gasteiger partial charge in [0.25, 0.3) is 0 Å². The third kappa shape index (κ3) is 4.55. The summed E-state index contributed by atoms with van der Waals surface area (Å²) in [5, 5.41) is 0. The van der Waals surface area contributed by atoms with E-state index in [1.165, 1.54) is 6.07 Å². The van der Waals surface area contributed by atoms with E-state index in [0.29, 0.717) is 24.5 Å². The number of nitrogen functional groups attached to an aromatic ring is 1. The first-order chi connectivity index (χ1) is 9.75. The number of hydrogen-bond donors (Lipinski definition) is 1. The molecule has 0 atom stereocenters. The van der Waals surface area contributed by atoms with Gasteiger partial charge in [-0.3, -0.25) is 0 Å². The van der Waals surface area contributed by atoms with Crippen LogP contribution in [-0.4, -0.2) is 13.2 Å². The van der Waals surface area contributed by atoms with Gasteiger partial charge in [0.15, 0.2) is 0 Å². The van der Waals surface area contributed by atoms with Gasteiger partial charge >= 0.3 is 0 Å². The maximum absolute atomic E-state index is 13.3. The van der Waals surface area contributed by atoms with E-state index in [4.69, 9.17) is 15.2 Å². The smallest absolute Gasteiger partial charge is 0.128 e. The van der Waals surface area contributed by atoms with Gasteiger partial charge in [0.2, 0.25) is 0 Å². The fourth-order valence-corrected chi connectivity index (χ4v) is 1.75. The summed E-state index contributed by atoms with van der Waals surface area (Å²) >= 11 is 0. The molecule has 2 aromatic carbocycles. The maximum atomic E-state index is 13.3. The van der Waals surface area contributed by atoms with Gasteiger partial charge in [0.05, 0.1) is 19.8 Å². The van der Waals surface area contributed by atoms with E-state index < -0.39 is 0 Å². The molecule has 106 valence electrons. The Morgan fingerprint density at radius 2 is 1.85 bits per heavy atom. The average Bonchev–Trinajstić information content (AvgIpc) is 2.44. The van der Waals surface area contributed by atoms with E-state index in [1.54, 1.807) is 24.3 Å². The molecular formula is C16H18FNO2. The van der Waals surface area contributed by atoms with Crippen LogP contribution in [-0.2, 0) is 11.3 Å². The Morgan fingerprint density at radius 3 is 2.65 bits per heavy atom. The summed E-state index contributed by atoms with van der Waals surface area (Å²) in [5.74, 6) is 0.516. The molecular weight excluding hydrogens is 257 g/mol. The third-order valence-electron chi connectivity index (χ3n) is 2.78. The van der Waals surface area contributed by atoms with Gasteiger partial charge in [0, 0.05) is 23.7 Å². The summed E-state index contributed by atoms with van der Waals surface area (Å²) in [4.78, 5) is 0. The first-order valence-corrected chi connectivity index (χ1v) is 6.55. The predicted molar refractivity (Wildman–Crippen MR) is 77.0 cm³/mol. The molecule has 20 heavy (non-hydrogen) atoms. The van der Waals surface area contributed by atoms with Crippen molar-refractivity contribution in [3.8, 4) is 5.75 Å². The van der Waals surface area contributed by atoms with Gasteiger partial charge < -0.3 is 15.2 Å². The van der Waals surface area contributed by atoms with E-state index in [1.807, 2.05) is 18.2 Å². The highest BCUT2D eigenvalue weighted by Crippen LogP contribution is 2.14. The second-order valence-corrected chi connectivity index (χ2v) is 4.42. The van der Waals surface area contributed by atoms with Crippen molar-refractivity contribution in [2.75, 3.05) is 18.9 Å². The third-order valence-corrected chi connectivity index (χ3v) is 2.78. The predicted octanol–water partition coefficient (Wildman–Crippen LogP) is 3.39.